The molecule has 1 N–H and O–H groups in total. The van der Waals surface area contributed by atoms with E-state index in [0.717, 1.165) is 39.7 Å². The summed E-state index contributed by atoms with van der Waals surface area (Å²) in [5, 5.41) is 1.07. The molecule has 1 aliphatic heterocycles. The highest BCUT2D eigenvalue weighted by Crippen LogP contribution is 2.35. The molecule has 4 aromatic rings. The number of carbonyl (C=O) groups is 1. The van der Waals surface area contributed by atoms with Gasteiger partial charge in [-0.1, -0.05) is 24.3 Å². The van der Waals surface area contributed by atoms with E-state index in [1.54, 1.807) is 12.3 Å². The minimum absolute atomic E-state index is 0.0118. The van der Waals surface area contributed by atoms with Gasteiger partial charge in [0.15, 0.2) is 0 Å². The largest absolute Gasteiger partial charge is 0.351 e. The van der Waals surface area contributed by atoms with E-state index >= 15 is 0 Å². The van der Waals surface area contributed by atoms with Crippen LogP contribution in [-0.2, 0) is 0 Å². The number of aryl methyl sites for hydroxylation is 1. The number of hydrogen-bond donors (Lipinski definition) is 1. The Kier molecular flexibility index (Phi) is 5.32. The smallest absolute Gasteiger partial charge is 0.270 e. The van der Waals surface area contributed by atoms with Crippen LogP contribution in [0.1, 0.15) is 34.1 Å². The van der Waals surface area contributed by atoms with Crippen LogP contribution < -0.4 is 4.90 Å². The fraction of sp³-hybridized carbons (Fsp3) is 0.269. The Hall–Kier alpha value is -3.74. The zero-order chi connectivity index (χ0) is 23.1. The van der Waals surface area contributed by atoms with Crippen LogP contribution in [0.15, 0.2) is 54.7 Å². The van der Waals surface area contributed by atoms with Crippen LogP contribution in [-0.4, -0.2) is 52.9 Å². The molecule has 0 bridgehead atoms. The molecule has 0 saturated carbocycles. The Morgan fingerprint density at radius 3 is 2.76 bits per heavy atom. The third kappa shape index (κ3) is 3.95. The Morgan fingerprint density at radius 1 is 1.18 bits per heavy atom. The van der Waals surface area contributed by atoms with E-state index in [1.165, 1.54) is 12.1 Å². The van der Waals surface area contributed by atoms with Gasteiger partial charge in [0.2, 0.25) is 5.95 Å². The van der Waals surface area contributed by atoms with Crippen molar-refractivity contribution in [1.29, 1.82) is 0 Å². The molecule has 2 aromatic carbocycles. The van der Waals surface area contributed by atoms with Crippen molar-refractivity contribution in [2.24, 2.45) is 0 Å². The predicted octanol–water partition coefficient (Wildman–Crippen LogP) is 4.77. The molecule has 7 heteroatoms. The van der Waals surface area contributed by atoms with Crippen molar-refractivity contribution in [3.63, 3.8) is 0 Å². The van der Waals surface area contributed by atoms with Crippen molar-refractivity contribution < 1.29 is 9.18 Å². The molecule has 1 saturated heterocycles. The lowest BCUT2D eigenvalue weighted by Crippen LogP contribution is -2.29. The second-order valence-electron chi connectivity index (χ2n) is 8.83. The molecule has 2 aromatic heterocycles. The van der Waals surface area contributed by atoms with Gasteiger partial charge in [-0.3, -0.25) is 4.79 Å². The zero-order valence-corrected chi connectivity index (χ0v) is 19.0. The van der Waals surface area contributed by atoms with Crippen LogP contribution in [0.5, 0.6) is 0 Å². The molecule has 1 atom stereocenters. The summed E-state index contributed by atoms with van der Waals surface area (Å²) in [6, 6.07) is 14.4. The van der Waals surface area contributed by atoms with E-state index in [4.69, 9.17) is 4.98 Å². The van der Waals surface area contributed by atoms with E-state index in [1.807, 2.05) is 61.2 Å². The number of aromatic amines is 1. The highest BCUT2D eigenvalue weighted by molar-refractivity contribution is 5.99. The predicted molar refractivity (Wildman–Crippen MR) is 128 cm³/mol. The lowest BCUT2D eigenvalue weighted by Gasteiger charge is -2.19. The van der Waals surface area contributed by atoms with Crippen LogP contribution in [0.4, 0.5) is 10.3 Å². The number of anilines is 1. The van der Waals surface area contributed by atoms with Crippen molar-refractivity contribution in [1.82, 2.24) is 19.9 Å². The number of rotatable bonds is 4. The lowest BCUT2D eigenvalue weighted by molar-refractivity contribution is 0.0786. The highest BCUT2D eigenvalue weighted by atomic mass is 19.1. The molecule has 33 heavy (non-hydrogen) atoms. The molecule has 1 amide bonds. The standard InChI is InChI=1S/C26H26FN5O/c1-16-6-4-9-22-20(16)13-23(29-22)25(33)32-11-10-18(15-32)24-21(14-28-26(30-24)31(2)3)17-7-5-8-19(27)12-17/h4-9,12-14,18,29H,10-11,15H2,1-3H3. The van der Waals surface area contributed by atoms with Gasteiger partial charge in [0, 0.05) is 55.8 Å². The quantitative estimate of drug-likeness (QED) is 0.494. The Bertz CT molecular complexity index is 1350. The minimum Gasteiger partial charge on any atom is -0.351 e. The van der Waals surface area contributed by atoms with E-state index in [-0.39, 0.29) is 17.6 Å². The summed E-state index contributed by atoms with van der Waals surface area (Å²) in [7, 11) is 3.78. The van der Waals surface area contributed by atoms with Gasteiger partial charge in [-0.25, -0.2) is 14.4 Å². The molecule has 1 unspecified atom stereocenters. The second-order valence-corrected chi connectivity index (χ2v) is 8.83. The van der Waals surface area contributed by atoms with Crippen LogP contribution in [0.3, 0.4) is 0 Å². The number of aromatic nitrogens is 3. The number of H-pyrrole nitrogens is 1. The maximum atomic E-state index is 13.9. The number of carbonyl (C=O) groups excluding carboxylic acids is 1. The molecule has 168 valence electrons. The summed E-state index contributed by atoms with van der Waals surface area (Å²) in [6.45, 7) is 3.24. The fourth-order valence-corrected chi connectivity index (χ4v) is 4.55. The first-order valence-corrected chi connectivity index (χ1v) is 11.1. The van der Waals surface area contributed by atoms with Crippen molar-refractivity contribution in [2.45, 2.75) is 19.3 Å². The Balaban J connectivity index is 1.46. The summed E-state index contributed by atoms with van der Waals surface area (Å²) in [6.07, 6.45) is 2.55. The monoisotopic (exact) mass is 443 g/mol. The van der Waals surface area contributed by atoms with Crippen molar-refractivity contribution in [2.75, 3.05) is 32.1 Å². The third-order valence-electron chi connectivity index (χ3n) is 6.32. The molecule has 5 rings (SSSR count). The number of likely N-dealkylation sites (tertiary alicyclic amines) is 1. The van der Waals surface area contributed by atoms with Crippen molar-refractivity contribution in [3.8, 4) is 11.1 Å². The molecule has 3 heterocycles. The first kappa shape index (κ1) is 21.1. The lowest BCUT2D eigenvalue weighted by atomic mass is 9.96. The van der Waals surface area contributed by atoms with Crippen molar-refractivity contribution in [3.05, 3.63) is 77.5 Å². The normalized spacial score (nSPS) is 15.9. The highest BCUT2D eigenvalue weighted by Gasteiger charge is 2.32. The molecule has 0 radical (unpaired) electrons. The number of amides is 1. The Morgan fingerprint density at radius 2 is 2.00 bits per heavy atom. The van der Waals surface area contributed by atoms with Crippen LogP contribution in [0.2, 0.25) is 0 Å². The van der Waals surface area contributed by atoms with Gasteiger partial charge in [-0.05, 0) is 48.7 Å². The van der Waals surface area contributed by atoms with Gasteiger partial charge < -0.3 is 14.8 Å². The molecule has 0 spiro atoms. The summed E-state index contributed by atoms with van der Waals surface area (Å²) in [4.78, 5) is 29.6. The average molecular weight is 444 g/mol. The van der Waals surface area contributed by atoms with Gasteiger partial charge in [-0.15, -0.1) is 0 Å². The third-order valence-corrected chi connectivity index (χ3v) is 6.32. The zero-order valence-electron chi connectivity index (χ0n) is 19.0. The number of benzene rings is 2. The summed E-state index contributed by atoms with van der Waals surface area (Å²) >= 11 is 0. The van der Waals surface area contributed by atoms with E-state index < -0.39 is 0 Å². The number of nitrogens with zero attached hydrogens (tertiary/aromatic N) is 4. The first-order valence-electron chi connectivity index (χ1n) is 11.1. The van der Waals surface area contributed by atoms with E-state index in [0.29, 0.717) is 24.7 Å². The molecule has 1 aliphatic rings. The maximum Gasteiger partial charge on any atom is 0.270 e. The number of nitrogens with one attached hydrogen (secondary N) is 1. The fourth-order valence-electron chi connectivity index (χ4n) is 4.55. The summed E-state index contributed by atoms with van der Waals surface area (Å²) in [5.41, 5.74) is 5.10. The average Bonchev–Trinajstić information content (AvgIpc) is 3.47. The maximum absolute atomic E-state index is 13.9. The SMILES string of the molecule is Cc1cccc2[nH]c(C(=O)N3CCC(c4nc(N(C)C)ncc4-c4cccc(F)c4)C3)cc12. The number of halogens is 1. The van der Waals surface area contributed by atoms with E-state index in [9.17, 15) is 9.18 Å². The summed E-state index contributed by atoms with van der Waals surface area (Å²) in [5.74, 6) is 0.329. The van der Waals surface area contributed by atoms with Gasteiger partial charge in [-0.2, -0.15) is 0 Å². The molecule has 1 fully saturated rings. The van der Waals surface area contributed by atoms with Gasteiger partial charge in [0.1, 0.15) is 11.5 Å². The molecular weight excluding hydrogens is 417 g/mol. The topological polar surface area (TPSA) is 65.1 Å². The second kappa shape index (κ2) is 8.31. The Labute approximate surface area is 192 Å². The van der Waals surface area contributed by atoms with Crippen LogP contribution in [0.25, 0.3) is 22.0 Å². The molecule has 0 aliphatic carbocycles. The van der Waals surface area contributed by atoms with Crippen LogP contribution in [0, 0.1) is 12.7 Å². The number of fused-ring (bicyclic) bond motifs is 1. The van der Waals surface area contributed by atoms with E-state index in [2.05, 4.69) is 9.97 Å². The van der Waals surface area contributed by atoms with Crippen molar-refractivity contribution >= 4 is 22.8 Å². The summed E-state index contributed by atoms with van der Waals surface area (Å²) < 4.78 is 13.9. The minimum atomic E-state index is -0.299. The van der Waals surface area contributed by atoms with Crippen LogP contribution >= 0.6 is 0 Å². The van der Waals surface area contributed by atoms with Gasteiger partial charge >= 0.3 is 0 Å². The molecular formula is C26H26FN5O. The van der Waals surface area contributed by atoms with Gasteiger partial charge in [0.05, 0.1) is 5.69 Å². The van der Waals surface area contributed by atoms with Gasteiger partial charge in [0.25, 0.3) is 5.91 Å². The molecule has 6 nitrogen and oxygen atoms in total. The number of hydrogen-bond acceptors (Lipinski definition) is 4. The first-order chi connectivity index (χ1) is 15.9.